The van der Waals surface area contributed by atoms with Gasteiger partial charge >= 0.3 is 0 Å². The average molecular weight is 219 g/mol. The predicted octanol–water partition coefficient (Wildman–Crippen LogP) is 1.70. The number of aryl methyl sites for hydroxylation is 1. The van der Waals surface area contributed by atoms with Gasteiger partial charge in [-0.15, -0.1) is 0 Å². The zero-order valence-electron chi connectivity index (χ0n) is 9.94. The lowest BCUT2D eigenvalue weighted by atomic mass is 10.1. The van der Waals surface area contributed by atoms with Gasteiger partial charge in [-0.3, -0.25) is 0 Å². The van der Waals surface area contributed by atoms with Gasteiger partial charge in [0.1, 0.15) is 0 Å². The van der Waals surface area contributed by atoms with Crippen LogP contribution in [0.1, 0.15) is 36.7 Å². The molecule has 0 spiro atoms. The molecule has 0 fully saturated rings. The minimum atomic E-state index is 0.142. The Kier molecular flexibility index (Phi) is 2.92. The minimum absolute atomic E-state index is 0.142. The van der Waals surface area contributed by atoms with Gasteiger partial charge in [0.25, 0.3) is 0 Å². The van der Waals surface area contributed by atoms with Gasteiger partial charge in [0.15, 0.2) is 5.65 Å². The third-order valence-corrected chi connectivity index (χ3v) is 2.61. The maximum atomic E-state index is 9.06. The first-order valence-electron chi connectivity index (χ1n) is 5.58. The molecular formula is C12H17N3O. The highest BCUT2D eigenvalue weighted by molar-refractivity contribution is 5.48. The molecule has 2 aromatic heterocycles. The topological polar surface area (TPSA) is 50.4 Å². The monoisotopic (exact) mass is 219 g/mol. The van der Waals surface area contributed by atoms with Crippen LogP contribution in [0, 0.1) is 6.92 Å². The Morgan fingerprint density at radius 2 is 2.19 bits per heavy atom. The van der Waals surface area contributed by atoms with Gasteiger partial charge in [-0.05, 0) is 25.3 Å². The Hall–Kier alpha value is -1.42. The molecule has 0 aliphatic carbocycles. The number of aliphatic hydroxyl groups is 1. The molecule has 86 valence electrons. The minimum Gasteiger partial charge on any atom is -0.396 e. The molecule has 0 saturated heterocycles. The molecule has 0 amide bonds. The van der Waals surface area contributed by atoms with Gasteiger partial charge in [-0.1, -0.05) is 13.8 Å². The summed E-state index contributed by atoms with van der Waals surface area (Å²) in [4.78, 5) is 4.42. The molecule has 2 rings (SSSR count). The van der Waals surface area contributed by atoms with Crippen molar-refractivity contribution in [3.8, 4) is 0 Å². The zero-order valence-corrected chi connectivity index (χ0v) is 9.94. The fraction of sp³-hybridized carbons (Fsp3) is 0.500. The number of fused-ring (bicyclic) bond motifs is 1. The summed E-state index contributed by atoms with van der Waals surface area (Å²) in [5.74, 6) is 0.379. The third kappa shape index (κ3) is 1.93. The molecule has 0 bridgehead atoms. The van der Waals surface area contributed by atoms with Crippen LogP contribution in [0.4, 0.5) is 0 Å². The summed E-state index contributed by atoms with van der Waals surface area (Å²) < 4.78 is 1.82. The number of imidazole rings is 1. The predicted molar refractivity (Wildman–Crippen MR) is 62.6 cm³/mol. The maximum absolute atomic E-state index is 9.06. The standard InChI is InChI=1S/C12H17N3O/c1-8(2)11-6-10(4-5-16)12-13-9(3)7-15(12)14-11/h6-8,16H,4-5H2,1-3H3. The first-order valence-corrected chi connectivity index (χ1v) is 5.58. The Morgan fingerprint density at radius 3 is 2.81 bits per heavy atom. The molecular weight excluding hydrogens is 202 g/mol. The van der Waals surface area contributed by atoms with Gasteiger partial charge < -0.3 is 5.11 Å². The van der Waals surface area contributed by atoms with Crippen LogP contribution in [0.3, 0.4) is 0 Å². The molecule has 16 heavy (non-hydrogen) atoms. The Morgan fingerprint density at radius 1 is 1.44 bits per heavy atom. The zero-order chi connectivity index (χ0) is 11.7. The maximum Gasteiger partial charge on any atom is 0.157 e. The number of hydrogen-bond donors (Lipinski definition) is 1. The van der Waals surface area contributed by atoms with Crippen molar-refractivity contribution in [1.29, 1.82) is 0 Å². The third-order valence-electron chi connectivity index (χ3n) is 2.61. The van der Waals surface area contributed by atoms with Gasteiger partial charge in [0, 0.05) is 12.2 Å². The van der Waals surface area contributed by atoms with Gasteiger partial charge in [-0.2, -0.15) is 5.10 Å². The van der Waals surface area contributed by atoms with Crippen molar-refractivity contribution >= 4 is 5.65 Å². The average Bonchev–Trinajstić information content (AvgIpc) is 2.58. The molecule has 2 heterocycles. The van der Waals surface area contributed by atoms with Crippen LogP contribution in [-0.4, -0.2) is 26.3 Å². The lowest BCUT2D eigenvalue weighted by Gasteiger charge is -2.08. The van der Waals surface area contributed by atoms with E-state index in [9.17, 15) is 0 Å². The normalized spacial score (nSPS) is 11.6. The molecule has 0 aromatic carbocycles. The molecule has 0 atom stereocenters. The summed E-state index contributed by atoms with van der Waals surface area (Å²) in [7, 11) is 0. The van der Waals surface area contributed by atoms with Gasteiger partial charge in [-0.25, -0.2) is 9.50 Å². The molecule has 0 radical (unpaired) electrons. The highest BCUT2D eigenvalue weighted by Crippen LogP contribution is 2.17. The number of rotatable bonds is 3. The first-order chi connectivity index (χ1) is 7.61. The Balaban J connectivity index is 2.63. The summed E-state index contributed by atoms with van der Waals surface area (Å²) in [6.07, 6.45) is 2.55. The lowest BCUT2D eigenvalue weighted by Crippen LogP contribution is -2.04. The SMILES string of the molecule is Cc1cn2nc(C(C)C)cc(CCO)c2n1. The second-order valence-electron chi connectivity index (χ2n) is 4.37. The van der Waals surface area contributed by atoms with Crippen LogP contribution < -0.4 is 0 Å². The summed E-state index contributed by atoms with van der Waals surface area (Å²) >= 11 is 0. The Bertz CT molecular complexity index is 502. The number of aliphatic hydroxyl groups excluding tert-OH is 1. The van der Waals surface area contributed by atoms with E-state index in [1.807, 2.05) is 23.7 Å². The molecule has 0 aliphatic heterocycles. The second-order valence-corrected chi connectivity index (χ2v) is 4.37. The molecule has 4 nitrogen and oxygen atoms in total. The fourth-order valence-electron chi connectivity index (χ4n) is 1.76. The van der Waals surface area contributed by atoms with E-state index < -0.39 is 0 Å². The van der Waals surface area contributed by atoms with E-state index in [-0.39, 0.29) is 6.61 Å². The summed E-state index contributed by atoms with van der Waals surface area (Å²) in [5, 5.41) is 13.6. The largest absolute Gasteiger partial charge is 0.396 e. The van der Waals surface area contributed by atoms with E-state index in [0.29, 0.717) is 12.3 Å². The van der Waals surface area contributed by atoms with E-state index in [1.54, 1.807) is 0 Å². The highest BCUT2D eigenvalue weighted by atomic mass is 16.2. The van der Waals surface area contributed by atoms with Crippen molar-refractivity contribution in [3.05, 3.63) is 29.2 Å². The summed E-state index contributed by atoms with van der Waals surface area (Å²) in [6.45, 7) is 6.32. The first kappa shape index (κ1) is 11.1. The number of nitrogens with zero attached hydrogens (tertiary/aromatic N) is 3. The quantitative estimate of drug-likeness (QED) is 0.854. The van der Waals surface area contributed by atoms with E-state index >= 15 is 0 Å². The molecule has 0 unspecified atom stereocenters. The molecule has 4 heteroatoms. The summed E-state index contributed by atoms with van der Waals surface area (Å²) in [5.41, 5.74) is 3.91. The van der Waals surface area contributed by atoms with Crippen LogP contribution in [0.15, 0.2) is 12.3 Å². The van der Waals surface area contributed by atoms with Gasteiger partial charge in [0.2, 0.25) is 0 Å². The van der Waals surface area contributed by atoms with Gasteiger partial charge in [0.05, 0.1) is 17.6 Å². The van der Waals surface area contributed by atoms with Crippen LogP contribution in [0.5, 0.6) is 0 Å². The van der Waals surface area contributed by atoms with E-state index in [2.05, 4.69) is 23.9 Å². The van der Waals surface area contributed by atoms with Crippen LogP contribution in [0.25, 0.3) is 5.65 Å². The van der Waals surface area contributed by atoms with Crippen molar-refractivity contribution in [2.45, 2.75) is 33.1 Å². The van der Waals surface area contributed by atoms with Crippen molar-refractivity contribution in [2.24, 2.45) is 0 Å². The summed E-state index contributed by atoms with van der Waals surface area (Å²) in [6, 6.07) is 2.04. The van der Waals surface area contributed by atoms with Crippen molar-refractivity contribution in [3.63, 3.8) is 0 Å². The number of hydrogen-bond acceptors (Lipinski definition) is 3. The van der Waals surface area contributed by atoms with Crippen molar-refractivity contribution in [2.75, 3.05) is 6.61 Å². The van der Waals surface area contributed by atoms with E-state index in [4.69, 9.17) is 5.11 Å². The van der Waals surface area contributed by atoms with Crippen LogP contribution >= 0.6 is 0 Å². The molecule has 2 aromatic rings. The second kappa shape index (κ2) is 4.22. The highest BCUT2D eigenvalue weighted by Gasteiger charge is 2.10. The fourth-order valence-corrected chi connectivity index (χ4v) is 1.76. The molecule has 0 aliphatic rings. The van der Waals surface area contributed by atoms with Crippen LogP contribution in [-0.2, 0) is 6.42 Å². The van der Waals surface area contributed by atoms with Crippen molar-refractivity contribution < 1.29 is 5.11 Å². The van der Waals surface area contributed by atoms with Crippen LogP contribution in [0.2, 0.25) is 0 Å². The lowest BCUT2D eigenvalue weighted by molar-refractivity contribution is 0.299. The number of aromatic nitrogens is 3. The molecule has 1 N–H and O–H groups in total. The smallest absolute Gasteiger partial charge is 0.157 e. The van der Waals surface area contributed by atoms with E-state index in [0.717, 1.165) is 22.6 Å². The Labute approximate surface area is 94.9 Å². The molecule has 0 saturated carbocycles. The van der Waals surface area contributed by atoms with Crippen molar-refractivity contribution in [1.82, 2.24) is 14.6 Å². The van der Waals surface area contributed by atoms with E-state index in [1.165, 1.54) is 0 Å².